The first-order valence-electron chi connectivity index (χ1n) is 5.73. The summed E-state index contributed by atoms with van der Waals surface area (Å²) in [5, 5.41) is 1.60. The summed E-state index contributed by atoms with van der Waals surface area (Å²) in [6.45, 7) is 3.31. The molecule has 1 unspecified atom stereocenters. The molecule has 1 heterocycles. The minimum atomic E-state index is -0.148. The number of para-hydroxylation sites is 1. The standard InChI is InChI=1S/C13H16ClNO2/c1-2-16-7-6-11(15)12-8-9-4-3-5-10(14)13(9)17-12/h3-5,8,11H,2,6-7,15H2,1H3. The minimum absolute atomic E-state index is 0.148. The molecule has 1 aromatic heterocycles. The van der Waals surface area contributed by atoms with Gasteiger partial charge >= 0.3 is 0 Å². The summed E-state index contributed by atoms with van der Waals surface area (Å²) >= 11 is 6.04. The van der Waals surface area contributed by atoms with Crippen molar-refractivity contribution < 1.29 is 9.15 Å². The number of rotatable bonds is 5. The van der Waals surface area contributed by atoms with Gasteiger partial charge in [0.2, 0.25) is 0 Å². The molecule has 2 aromatic rings. The zero-order valence-corrected chi connectivity index (χ0v) is 10.5. The molecule has 1 atom stereocenters. The van der Waals surface area contributed by atoms with E-state index in [-0.39, 0.29) is 6.04 Å². The summed E-state index contributed by atoms with van der Waals surface area (Å²) in [6.07, 6.45) is 0.741. The number of nitrogens with two attached hydrogens (primary N) is 1. The highest BCUT2D eigenvalue weighted by Gasteiger charge is 2.13. The van der Waals surface area contributed by atoms with Crippen molar-refractivity contribution in [3.8, 4) is 0 Å². The lowest BCUT2D eigenvalue weighted by Crippen LogP contribution is -2.12. The molecule has 0 aliphatic carbocycles. The van der Waals surface area contributed by atoms with Gasteiger partial charge in [-0.2, -0.15) is 0 Å². The van der Waals surface area contributed by atoms with Crippen LogP contribution in [0.2, 0.25) is 5.02 Å². The van der Waals surface area contributed by atoms with Gasteiger partial charge < -0.3 is 14.9 Å². The van der Waals surface area contributed by atoms with Gasteiger partial charge in [-0.15, -0.1) is 0 Å². The van der Waals surface area contributed by atoms with E-state index in [1.54, 1.807) is 0 Å². The van der Waals surface area contributed by atoms with Crippen LogP contribution in [0.1, 0.15) is 25.1 Å². The molecule has 0 saturated heterocycles. The van der Waals surface area contributed by atoms with E-state index in [4.69, 9.17) is 26.5 Å². The van der Waals surface area contributed by atoms with E-state index < -0.39 is 0 Å². The summed E-state index contributed by atoms with van der Waals surface area (Å²) < 4.78 is 11.0. The van der Waals surface area contributed by atoms with E-state index in [1.165, 1.54) is 0 Å². The maximum atomic E-state index is 6.04. The lowest BCUT2D eigenvalue weighted by molar-refractivity contribution is 0.138. The molecule has 0 amide bonds. The Kier molecular flexibility index (Phi) is 4.05. The monoisotopic (exact) mass is 253 g/mol. The quantitative estimate of drug-likeness (QED) is 0.830. The summed E-state index contributed by atoms with van der Waals surface area (Å²) in [5.41, 5.74) is 6.74. The first kappa shape index (κ1) is 12.4. The predicted molar refractivity (Wildman–Crippen MR) is 69.3 cm³/mol. The molecule has 0 saturated carbocycles. The third-order valence-electron chi connectivity index (χ3n) is 2.66. The normalized spacial score (nSPS) is 13.1. The first-order chi connectivity index (χ1) is 8.22. The number of furan rings is 1. The lowest BCUT2D eigenvalue weighted by atomic mass is 10.1. The number of fused-ring (bicyclic) bond motifs is 1. The second-order valence-corrected chi connectivity index (χ2v) is 4.31. The molecule has 0 aliphatic rings. The van der Waals surface area contributed by atoms with Crippen molar-refractivity contribution in [2.75, 3.05) is 13.2 Å². The molecule has 0 bridgehead atoms. The molecule has 17 heavy (non-hydrogen) atoms. The van der Waals surface area contributed by atoms with E-state index >= 15 is 0 Å². The fourth-order valence-electron chi connectivity index (χ4n) is 1.73. The molecule has 92 valence electrons. The Morgan fingerprint density at radius 1 is 1.47 bits per heavy atom. The molecule has 0 aliphatic heterocycles. The van der Waals surface area contributed by atoms with Gasteiger partial charge in [-0.1, -0.05) is 23.7 Å². The molecule has 0 spiro atoms. The summed E-state index contributed by atoms with van der Waals surface area (Å²) in [4.78, 5) is 0. The van der Waals surface area contributed by atoms with E-state index in [0.717, 1.165) is 17.6 Å². The Labute approximate surface area is 105 Å². The van der Waals surface area contributed by atoms with E-state index in [1.807, 2.05) is 31.2 Å². The van der Waals surface area contributed by atoms with Crippen LogP contribution in [0.15, 0.2) is 28.7 Å². The van der Waals surface area contributed by atoms with Crippen molar-refractivity contribution in [2.24, 2.45) is 5.73 Å². The maximum absolute atomic E-state index is 6.04. The summed E-state index contributed by atoms with van der Waals surface area (Å²) in [7, 11) is 0. The minimum Gasteiger partial charge on any atom is -0.458 e. The SMILES string of the molecule is CCOCCC(N)c1cc2cccc(Cl)c2o1. The average molecular weight is 254 g/mol. The van der Waals surface area contributed by atoms with Crippen molar-refractivity contribution in [3.63, 3.8) is 0 Å². The van der Waals surface area contributed by atoms with Gasteiger partial charge in [0, 0.05) is 18.6 Å². The maximum Gasteiger partial charge on any atom is 0.152 e. The highest BCUT2D eigenvalue weighted by Crippen LogP contribution is 2.29. The van der Waals surface area contributed by atoms with Gasteiger partial charge in [-0.05, 0) is 25.5 Å². The van der Waals surface area contributed by atoms with Crippen LogP contribution in [0, 0.1) is 0 Å². The molecular weight excluding hydrogens is 238 g/mol. The third kappa shape index (κ3) is 2.80. The Bertz CT molecular complexity index is 495. The van der Waals surface area contributed by atoms with Crippen LogP contribution < -0.4 is 5.73 Å². The van der Waals surface area contributed by atoms with Crippen molar-refractivity contribution in [1.29, 1.82) is 0 Å². The Hall–Kier alpha value is -1.03. The van der Waals surface area contributed by atoms with Crippen LogP contribution in [0.25, 0.3) is 11.0 Å². The first-order valence-corrected chi connectivity index (χ1v) is 6.11. The van der Waals surface area contributed by atoms with Crippen molar-refractivity contribution in [1.82, 2.24) is 0 Å². The summed E-state index contributed by atoms with van der Waals surface area (Å²) in [5.74, 6) is 0.757. The fourth-order valence-corrected chi connectivity index (χ4v) is 1.95. The zero-order valence-electron chi connectivity index (χ0n) is 9.78. The van der Waals surface area contributed by atoms with E-state index in [9.17, 15) is 0 Å². The fraction of sp³-hybridized carbons (Fsp3) is 0.385. The van der Waals surface area contributed by atoms with Crippen molar-refractivity contribution in [2.45, 2.75) is 19.4 Å². The van der Waals surface area contributed by atoms with Gasteiger partial charge in [0.05, 0.1) is 11.1 Å². The molecule has 2 rings (SSSR count). The molecule has 2 N–H and O–H groups in total. The molecule has 3 nitrogen and oxygen atoms in total. The second-order valence-electron chi connectivity index (χ2n) is 3.90. The van der Waals surface area contributed by atoms with E-state index in [0.29, 0.717) is 23.8 Å². The topological polar surface area (TPSA) is 48.4 Å². The molecule has 1 aromatic carbocycles. The Morgan fingerprint density at radius 3 is 3.00 bits per heavy atom. The largest absolute Gasteiger partial charge is 0.458 e. The Morgan fingerprint density at radius 2 is 2.29 bits per heavy atom. The zero-order chi connectivity index (χ0) is 12.3. The number of ether oxygens (including phenoxy) is 1. The van der Waals surface area contributed by atoms with Crippen LogP contribution in [0.4, 0.5) is 0 Å². The third-order valence-corrected chi connectivity index (χ3v) is 2.96. The van der Waals surface area contributed by atoms with Crippen LogP contribution >= 0.6 is 11.6 Å². The smallest absolute Gasteiger partial charge is 0.152 e. The number of halogens is 1. The van der Waals surface area contributed by atoms with Gasteiger partial charge in [-0.3, -0.25) is 0 Å². The van der Waals surface area contributed by atoms with Crippen LogP contribution in [0.3, 0.4) is 0 Å². The van der Waals surface area contributed by atoms with Crippen molar-refractivity contribution >= 4 is 22.6 Å². The van der Waals surface area contributed by atoms with Crippen LogP contribution in [-0.4, -0.2) is 13.2 Å². The highest BCUT2D eigenvalue weighted by molar-refractivity contribution is 6.34. The molecule has 0 fully saturated rings. The van der Waals surface area contributed by atoms with Crippen LogP contribution in [-0.2, 0) is 4.74 Å². The summed E-state index contributed by atoms with van der Waals surface area (Å²) in [6, 6.07) is 7.46. The average Bonchev–Trinajstić information content (AvgIpc) is 2.75. The van der Waals surface area contributed by atoms with Gasteiger partial charge in [0.25, 0.3) is 0 Å². The second kappa shape index (κ2) is 5.54. The van der Waals surface area contributed by atoms with Crippen LogP contribution in [0.5, 0.6) is 0 Å². The van der Waals surface area contributed by atoms with Gasteiger partial charge in [0.1, 0.15) is 5.76 Å². The number of hydrogen-bond donors (Lipinski definition) is 1. The number of benzene rings is 1. The predicted octanol–water partition coefficient (Wildman–Crippen LogP) is 3.51. The molecule has 4 heteroatoms. The number of hydrogen-bond acceptors (Lipinski definition) is 3. The molecular formula is C13H16ClNO2. The Balaban J connectivity index is 2.16. The lowest BCUT2D eigenvalue weighted by Gasteiger charge is -2.07. The van der Waals surface area contributed by atoms with E-state index in [2.05, 4.69) is 0 Å². The highest BCUT2D eigenvalue weighted by atomic mass is 35.5. The van der Waals surface area contributed by atoms with Crippen molar-refractivity contribution in [3.05, 3.63) is 35.0 Å². The molecule has 0 radical (unpaired) electrons. The van der Waals surface area contributed by atoms with Gasteiger partial charge in [0.15, 0.2) is 5.58 Å². The van der Waals surface area contributed by atoms with Gasteiger partial charge in [-0.25, -0.2) is 0 Å².